The van der Waals surface area contributed by atoms with Crippen LogP contribution in [-0.4, -0.2) is 18.4 Å². The molecule has 1 N–H and O–H groups in total. The third-order valence-electron chi connectivity index (χ3n) is 2.46. The molecule has 0 aliphatic rings. The molecule has 5 nitrogen and oxygen atoms in total. The van der Waals surface area contributed by atoms with Crippen molar-refractivity contribution < 1.29 is 8.42 Å². The number of pyridine rings is 2. The first-order valence-corrected chi connectivity index (χ1v) is 8.36. The number of halogens is 4. The minimum absolute atomic E-state index is 0.0120. The van der Waals surface area contributed by atoms with E-state index in [1.807, 2.05) is 0 Å². The summed E-state index contributed by atoms with van der Waals surface area (Å²) >= 11 is 23.1. The number of hydrogen-bond donors (Lipinski definition) is 1. The molecule has 0 unspecified atom stereocenters. The zero-order chi connectivity index (χ0) is 15.8. The monoisotopic (exact) mass is 385 g/mol. The van der Waals surface area contributed by atoms with E-state index in [0.29, 0.717) is 5.56 Å². The Morgan fingerprint density at radius 3 is 2.33 bits per heavy atom. The molecule has 0 aromatic carbocycles. The van der Waals surface area contributed by atoms with Crippen LogP contribution >= 0.6 is 46.4 Å². The van der Waals surface area contributed by atoms with E-state index in [1.165, 1.54) is 12.1 Å². The van der Waals surface area contributed by atoms with Crippen molar-refractivity contribution in [1.29, 1.82) is 0 Å². The number of nitrogens with one attached hydrogen (secondary N) is 1. The Bertz CT molecular complexity index is 788. The highest BCUT2D eigenvalue weighted by Gasteiger charge is 2.20. The van der Waals surface area contributed by atoms with Gasteiger partial charge in [0, 0.05) is 6.20 Å². The largest absolute Gasteiger partial charge is 0.276 e. The van der Waals surface area contributed by atoms with Crippen molar-refractivity contribution >= 4 is 62.1 Å². The van der Waals surface area contributed by atoms with E-state index in [-0.39, 0.29) is 31.1 Å². The van der Waals surface area contributed by atoms with E-state index in [0.717, 1.165) is 6.20 Å². The fraction of sp³-hybridized carbons (Fsp3) is 0.0909. The highest BCUT2D eigenvalue weighted by molar-refractivity contribution is 7.92. The highest BCUT2D eigenvalue weighted by atomic mass is 35.5. The van der Waals surface area contributed by atoms with E-state index < -0.39 is 10.0 Å². The molecule has 2 heterocycles. The second kappa shape index (κ2) is 6.14. The van der Waals surface area contributed by atoms with E-state index in [1.54, 1.807) is 6.92 Å². The maximum absolute atomic E-state index is 12.3. The van der Waals surface area contributed by atoms with Gasteiger partial charge in [-0.1, -0.05) is 46.4 Å². The summed E-state index contributed by atoms with van der Waals surface area (Å²) in [5.74, 6) is 0. The van der Waals surface area contributed by atoms with Crippen molar-refractivity contribution in [2.75, 3.05) is 4.72 Å². The molecule has 0 aliphatic carbocycles. The lowest BCUT2D eigenvalue weighted by Crippen LogP contribution is -2.15. The zero-order valence-corrected chi connectivity index (χ0v) is 14.2. The van der Waals surface area contributed by atoms with Gasteiger partial charge in [-0.2, -0.15) is 0 Å². The van der Waals surface area contributed by atoms with Crippen molar-refractivity contribution in [3.8, 4) is 0 Å². The van der Waals surface area contributed by atoms with Crippen molar-refractivity contribution in [2.24, 2.45) is 0 Å². The van der Waals surface area contributed by atoms with Gasteiger partial charge in [0.1, 0.15) is 15.2 Å². The molecule has 0 amide bonds. The Kier molecular flexibility index (Phi) is 4.85. The van der Waals surface area contributed by atoms with Crippen LogP contribution in [0.4, 0.5) is 5.69 Å². The first-order valence-electron chi connectivity index (χ1n) is 5.37. The second-order valence-corrected chi connectivity index (χ2v) is 7.17. The Labute approximate surface area is 141 Å². The number of anilines is 1. The molecule has 0 saturated heterocycles. The molecule has 2 rings (SSSR count). The van der Waals surface area contributed by atoms with Gasteiger partial charge in [0.25, 0.3) is 10.0 Å². The first kappa shape index (κ1) is 16.6. The van der Waals surface area contributed by atoms with Gasteiger partial charge < -0.3 is 0 Å². The fourth-order valence-electron chi connectivity index (χ4n) is 1.46. The zero-order valence-electron chi connectivity index (χ0n) is 10.4. The summed E-state index contributed by atoms with van der Waals surface area (Å²) in [5.41, 5.74) is 0.656. The minimum atomic E-state index is -3.93. The van der Waals surface area contributed by atoms with Crippen LogP contribution in [0, 0.1) is 6.92 Å². The quantitative estimate of drug-likeness (QED) is 0.802. The average Bonchev–Trinajstić information content (AvgIpc) is 2.37. The molecule has 2 aromatic heterocycles. The van der Waals surface area contributed by atoms with Crippen molar-refractivity contribution in [1.82, 2.24) is 9.97 Å². The van der Waals surface area contributed by atoms with Gasteiger partial charge in [0.15, 0.2) is 5.15 Å². The molecule has 0 radical (unpaired) electrons. The molecular formula is C11H7Cl4N3O2S. The van der Waals surface area contributed by atoms with Crippen molar-refractivity contribution in [2.45, 2.75) is 11.8 Å². The van der Waals surface area contributed by atoms with E-state index in [9.17, 15) is 8.42 Å². The SMILES string of the molecule is Cc1cc(Cl)nc(Cl)c1NS(=O)(=O)c1cnc(Cl)c(Cl)c1. The molecule has 0 aliphatic heterocycles. The number of aromatic nitrogens is 2. The van der Waals surface area contributed by atoms with Crippen molar-refractivity contribution in [3.63, 3.8) is 0 Å². The first-order chi connectivity index (χ1) is 9.70. The van der Waals surface area contributed by atoms with Crippen LogP contribution < -0.4 is 4.72 Å². The van der Waals surface area contributed by atoms with E-state index in [2.05, 4.69) is 14.7 Å². The summed E-state index contributed by atoms with van der Waals surface area (Å²) in [6, 6.07) is 2.67. The Morgan fingerprint density at radius 1 is 1.10 bits per heavy atom. The van der Waals surface area contributed by atoms with Gasteiger partial charge in [0.2, 0.25) is 0 Å². The van der Waals surface area contributed by atoms with Crippen LogP contribution in [0.15, 0.2) is 23.2 Å². The smallest absolute Gasteiger partial charge is 0.263 e. The minimum Gasteiger partial charge on any atom is -0.276 e. The van der Waals surface area contributed by atoms with Gasteiger partial charge in [0.05, 0.1) is 10.7 Å². The number of aryl methyl sites for hydroxylation is 1. The summed E-state index contributed by atoms with van der Waals surface area (Å²) in [4.78, 5) is 7.32. The Balaban J connectivity index is 2.44. The summed E-state index contributed by atoms with van der Waals surface area (Å²) in [5, 5.41) is 0.142. The summed E-state index contributed by atoms with van der Waals surface area (Å²) in [6.45, 7) is 1.64. The number of hydrogen-bond acceptors (Lipinski definition) is 4. The lowest BCUT2D eigenvalue weighted by atomic mass is 10.3. The maximum atomic E-state index is 12.3. The Hall–Kier alpha value is -0.790. The predicted molar refractivity (Wildman–Crippen MR) is 84.1 cm³/mol. The van der Waals surface area contributed by atoms with Crippen LogP contribution in [0.2, 0.25) is 20.5 Å². The molecule has 21 heavy (non-hydrogen) atoms. The van der Waals surface area contributed by atoms with Crippen LogP contribution in [0.3, 0.4) is 0 Å². The van der Waals surface area contributed by atoms with E-state index in [4.69, 9.17) is 46.4 Å². The van der Waals surface area contributed by atoms with Gasteiger partial charge >= 0.3 is 0 Å². The maximum Gasteiger partial charge on any atom is 0.263 e. The fourth-order valence-corrected chi connectivity index (χ4v) is 3.54. The number of rotatable bonds is 3. The van der Waals surface area contributed by atoms with Gasteiger partial charge in [-0.25, -0.2) is 18.4 Å². The van der Waals surface area contributed by atoms with Crippen LogP contribution in [0.5, 0.6) is 0 Å². The molecule has 0 spiro atoms. The van der Waals surface area contributed by atoms with Gasteiger partial charge in [-0.05, 0) is 24.6 Å². The molecule has 0 fully saturated rings. The molecule has 2 aromatic rings. The molecule has 112 valence electrons. The lowest BCUT2D eigenvalue weighted by Gasteiger charge is -2.12. The Morgan fingerprint density at radius 2 is 1.76 bits per heavy atom. The lowest BCUT2D eigenvalue weighted by molar-refractivity contribution is 0.600. The topological polar surface area (TPSA) is 72.0 Å². The molecule has 0 saturated carbocycles. The van der Waals surface area contributed by atoms with E-state index >= 15 is 0 Å². The predicted octanol–water partition coefficient (Wildman–Crippen LogP) is 4.20. The van der Waals surface area contributed by atoms with Crippen LogP contribution in [0.1, 0.15) is 5.56 Å². The second-order valence-electron chi connectivity index (χ2n) is 3.98. The molecular weight excluding hydrogens is 380 g/mol. The van der Waals surface area contributed by atoms with Crippen molar-refractivity contribution in [3.05, 3.63) is 44.4 Å². The average molecular weight is 387 g/mol. The number of nitrogens with zero attached hydrogens (tertiary/aromatic N) is 2. The third-order valence-corrected chi connectivity index (χ3v) is 4.93. The molecule has 0 bridgehead atoms. The normalized spacial score (nSPS) is 11.5. The summed E-state index contributed by atoms with van der Waals surface area (Å²) in [7, 11) is -3.93. The van der Waals surface area contributed by atoms with Gasteiger partial charge in [-0.15, -0.1) is 0 Å². The molecule has 0 atom stereocenters. The summed E-state index contributed by atoms with van der Waals surface area (Å²) in [6.07, 6.45) is 1.09. The van der Waals surface area contributed by atoms with Crippen LogP contribution in [0.25, 0.3) is 0 Å². The standard InChI is InChI=1S/C11H7Cl4N3O2S/c1-5-2-8(13)17-11(15)9(5)18-21(19,20)6-3-7(12)10(14)16-4-6/h2-4,18H,1H3. The van der Waals surface area contributed by atoms with Crippen LogP contribution in [-0.2, 0) is 10.0 Å². The van der Waals surface area contributed by atoms with Gasteiger partial charge in [-0.3, -0.25) is 4.72 Å². The third kappa shape index (κ3) is 3.70. The summed E-state index contributed by atoms with van der Waals surface area (Å²) < 4.78 is 26.9. The highest BCUT2D eigenvalue weighted by Crippen LogP contribution is 2.29. The number of sulfonamides is 1. The molecule has 10 heteroatoms.